The van der Waals surface area contributed by atoms with Gasteiger partial charge in [0.1, 0.15) is 5.69 Å². The lowest BCUT2D eigenvalue weighted by molar-refractivity contribution is 0.0694. The van der Waals surface area contributed by atoms with Crippen LogP contribution in [0.1, 0.15) is 34.7 Å². The molecule has 18 heavy (non-hydrogen) atoms. The zero-order valence-corrected chi connectivity index (χ0v) is 10.6. The molecular weight excluding hydrogens is 236 g/mol. The van der Waals surface area contributed by atoms with E-state index in [4.69, 9.17) is 9.84 Å². The van der Waals surface area contributed by atoms with Gasteiger partial charge in [-0.1, -0.05) is 0 Å². The summed E-state index contributed by atoms with van der Waals surface area (Å²) in [6, 6.07) is 2.72. The first-order chi connectivity index (χ1) is 8.35. The van der Waals surface area contributed by atoms with Crippen LogP contribution >= 0.6 is 0 Å². The second kappa shape index (κ2) is 5.59. The van der Waals surface area contributed by atoms with Crippen molar-refractivity contribution in [3.05, 3.63) is 29.6 Å². The molecule has 2 N–H and O–H groups in total. The average molecular weight is 252 g/mol. The molecule has 98 valence electrons. The lowest BCUT2D eigenvalue weighted by atomic mass is 10.1. The molecule has 1 aromatic heterocycles. The number of carboxylic acid groups (broad SMARTS) is 1. The first-order valence-corrected chi connectivity index (χ1v) is 5.36. The average Bonchev–Trinajstić information content (AvgIpc) is 2.28. The first-order valence-electron chi connectivity index (χ1n) is 5.36. The molecule has 0 aliphatic rings. The molecule has 0 unspecified atom stereocenters. The van der Waals surface area contributed by atoms with Crippen LogP contribution in [0.3, 0.4) is 0 Å². The van der Waals surface area contributed by atoms with E-state index in [0.717, 1.165) is 6.20 Å². The molecule has 1 amide bonds. The number of pyridine rings is 1. The fraction of sp³-hybridized carbons (Fsp3) is 0.417. The van der Waals surface area contributed by atoms with Crippen molar-refractivity contribution in [3.8, 4) is 0 Å². The van der Waals surface area contributed by atoms with Crippen LogP contribution in [0.2, 0.25) is 0 Å². The lowest BCUT2D eigenvalue weighted by Crippen LogP contribution is -2.47. The number of hydrogen-bond acceptors (Lipinski definition) is 4. The van der Waals surface area contributed by atoms with Crippen molar-refractivity contribution < 1.29 is 19.4 Å². The Labute approximate surface area is 105 Å². The Morgan fingerprint density at radius 2 is 2.11 bits per heavy atom. The number of carbonyl (C=O) groups excluding carboxylic acids is 1. The summed E-state index contributed by atoms with van der Waals surface area (Å²) in [6.45, 7) is 4.01. The van der Waals surface area contributed by atoms with Crippen LogP contribution in [-0.2, 0) is 4.74 Å². The lowest BCUT2D eigenvalue weighted by Gasteiger charge is -2.24. The molecule has 0 radical (unpaired) electrons. The third-order valence-electron chi connectivity index (χ3n) is 2.20. The van der Waals surface area contributed by atoms with Gasteiger partial charge in [-0.3, -0.25) is 9.78 Å². The minimum Gasteiger partial charge on any atom is -0.478 e. The molecule has 0 saturated heterocycles. The van der Waals surface area contributed by atoms with Gasteiger partial charge >= 0.3 is 5.97 Å². The number of carboxylic acids is 1. The summed E-state index contributed by atoms with van der Waals surface area (Å²) in [5.41, 5.74) is -0.300. The van der Waals surface area contributed by atoms with Crippen LogP contribution in [0.25, 0.3) is 0 Å². The van der Waals surface area contributed by atoms with Crippen LogP contribution < -0.4 is 5.32 Å². The first kappa shape index (κ1) is 14.1. The quantitative estimate of drug-likeness (QED) is 0.814. The highest BCUT2D eigenvalue weighted by atomic mass is 16.5. The van der Waals surface area contributed by atoms with E-state index < -0.39 is 11.5 Å². The number of amides is 1. The summed E-state index contributed by atoms with van der Waals surface area (Å²) in [5.74, 6) is -1.44. The largest absolute Gasteiger partial charge is 0.478 e. The van der Waals surface area contributed by atoms with Crippen molar-refractivity contribution in [2.75, 3.05) is 13.7 Å². The SMILES string of the molecule is COCC(C)(C)NC(=O)c1ccc(C(=O)O)cn1. The number of hydrogen-bond donors (Lipinski definition) is 2. The smallest absolute Gasteiger partial charge is 0.337 e. The number of nitrogens with one attached hydrogen (secondary N) is 1. The van der Waals surface area contributed by atoms with E-state index in [1.807, 2.05) is 13.8 Å². The third kappa shape index (κ3) is 3.81. The zero-order valence-electron chi connectivity index (χ0n) is 10.6. The molecule has 0 atom stereocenters. The van der Waals surface area contributed by atoms with Crippen LogP contribution in [0, 0.1) is 0 Å². The highest BCUT2D eigenvalue weighted by Crippen LogP contribution is 2.06. The van der Waals surface area contributed by atoms with Gasteiger partial charge in [-0.05, 0) is 26.0 Å². The van der Waals surface area contributed by atoms with Crippen molar-refractivity contribution in [2.45, 2.75) is 19.4 Å². The summed E-state index contributed by atoms with van der Waals surface area (Å²) in [6.07, 6.45) is 1.15. The molecule has 1 rings (SSSR count). The van der Waals surface area contributed by atoms with E-state index in [0.29, 0.717) is 6.61 Å². The second-order valence-corrected chi connectivity index (χ2v) is 4.51. The van der Waals surface area contributed by atoms with Gasteiger partial charge in [0.2, 0.25) is 0 Å². The molecule has 1 aromatic rings. The molecule has 0 aliphatic heterocycles. The predicted molar refractivity (Wildman–Crippen MR) is 64.6 cm³/mol. The van der Waals surface area contributed by atoms with Gasteiger partial charge < -0.3 is 15.2 Å². The number of carbonyl (C=O) groups is 2. The number of rotatable bonds is 5. The van der Waals surface area contributed by atoms with Gasteiger partial charge in [-0.2, -0.15) is 0 Å². The Morgan fingerprint density at radius 1 is 1.44 bits per heavy atom. The Bertz CT molecular complexity index is 440. The van der Waals surface area contributed by atoms with Gasteiger partial charge in [0.25, 0.3) is 5.91 Å². The molecule has 1 heterocycles. The number of nitrogens with zero attached hydrogens (tertiary/aromatic N) is 1. The molecule has 0 fully saturated rings. The number of ether oxygens (including phenoxy) is 1. The van der Waals surface area contributed by atoms with E-state index >= 15 is 0 Å². The molecule has 0 aromatic carbocycles. The van der Waals surface area contributed by atoms with Crippen molar-refractivity contribution in [3.63, 3.8) is 0 Å². The molecule has 0 bridgehead atoms. The third-order valence-corrected chi connectivity index (χ3v) is 2.20. The topological polar surface area (TPSA) is 88.5 Å². The van der Waals surface area contributed by atoms with E-state index in [2.05, 4.69) is 10.3 Å². The summed E-state index contributed by atoms with van der Waals surface area (Å²) in [4.78, 5) is 26.3. The van der Waals surface area contributed by atoms with Crippen molar-refractivity contribution in [2.24, 2.45) is 0 Å². The second-order valence-electron chi connectivity index (χ2n) is 4.51. The Balaban J connectivity index is 2.76. The van der Waals surface area contributed by atoms with Crippen LogP contribution in [0.5, 0.6) is 0 Å². The van der Waals surface area contributed by atoms with E-state index in [9.17, 15) is 9.59 Å². The zero-order chi connectivity index (χ0) is 13.8. The van der Waals surface area contributed by atoms with E-state index in [1.54, 1.807) is 7.11 Å². The Hall–Kier alpha value is -1.95. The predicted octanol–water partition coefficient (Wildman–Crippen LogP) is 0.935. The van der Waals surface area contributed by atoms with Crippen molar-refractivity contribution in [1.29, 1.82) is 0 Å². The van der Waals surface area contributed by atoms with Crippen LogP contribution in [-0.4, -0.2) is 41.2 Å². The van der Waals surface area contributed by atoms with E-state index in [-0.39, 0.29) is 17.2 Å². The molecule has 0 spiro atoms. The highest BCUT2D eigenvalue weighted by molar-refractivity contribution is 5.94. The van der Waals surface area contributed by atoms with Gasteiger partial charge in [0.05, 0.1) is 17.7 Å². The number of methoxy groups -OCH3 is 1. The summed E-state index contributed by atoms with van der Waals surface area (Å²) in [5, 5.41) is 11.5. The molecule has 6 nitrogen and oxygen atoms in total. The monoisotopic (exact) mass is 252 g/mol. The maximum atomic E-state index is 11.8. The fourth-order valence-corrected chi connectivity index (χ4v) is 1.42. The van der Waals surface area contributed by atoms with Gasteiger partial charge in [0.15, 0.2) is 0 Å². The van der Waals surface area contributed by atoms with Crippen LogP contribution in [0.4, 0.5) is 0 Å². The maximum Gasteiger partial charge on any atom is 0.337 e. The molecule has 0 saturated carbocycles. The van der Waals surface area contributed by atoms with E-state index in [1.165, 1.54) is 12.1 Å². The summed E-state index contributed by atoms with van der Waals surface area (Å²) < 4.78 is 4.98. The minimum atomic E-state index is -1.07. The number of aromatic nitrogens is 1. The highest BCUT2D eigenvalue weighted by Gasteiger charge is 2.21. The minimum absolute atomic E-state index is 0.0442. The van der Waals surface area contributed by atoms with Gasteiger partial charge in [-0.25, -0.2) is 4.79 Å². The fourth-order valence-electron chi connectivity index (χ4n) is 1.42. The van der Waals surface area contributed by atoms with Crippen LogP contribution in [0.15, 0.2) is 18.3 Å². The standard InChI is InChI=1S/C12H16N2O4/c1-12(2,7-18-3)14-10(15)9-5-4-8(6-13-9)11(16)17/h4-6H,7H2,1-3H3,(H,14,15)(H,16,17). The molecule has 0 aliphatic carbocycles. The summed E-state index contributed by atoms with van der Waals surface area (Å²) >= 11 is 0. The normalized spacial score (nSPS) is 11.1. The Morgan fingerprint density at radius 3 is 2.56 bits per heavy atom. The Kier molecular flexibility index (Phi) is 4.38. The maximum absolute atomic E-state index is 11.8. The summed E-state index contributed by atoms with van der Waals surface area (Å²) in [7, 11) is 1.55. The van der Waals surface area contributed by atoms with Crippen molar-refractivity contribution >= 4 is 11.9 Å². The van der Waals surface area contributed by atoms with Crippen molar-refractivity contribution in [1.82, 2.24) is 10.3 Å². The van der Waals surface area contributed by atoms with Gasteiger partial charge in [0, 0.05) is 13.3 Å². The molecule has 6 heteroatoms. The van der Waals surface area contributed by atoms with Gasteiger partial charge in [-0.15, -0.1) is 0 Å². The molecular formula is C12H16N2O4. The number of aromatic carboxylic acids is 1.